The molecule has 0 aromatic carbocycles. The lowest BCUT2D eigenvalue weighted by molar-refractivity contribution is -0.138. The fraction of sp³-hybridized carbons (Fsp3) is 0.708. The molecule has 2 rings (SSSR count). The van der Waals surface area contributed by atoms with Crippen LogP contribution in [-0.2, 0) is 29.0 Å². The fourth-order valence-electron chi connectivity index (χ4n) is 3.44. The number of hydrogen-bond donors (Lipinski definition) is 6. The number of nitrogens with zero attached hydrogens (tertiary/aromatic N) is 1. The molecule has 1 heterocycles. The van der Waals surface area contributed by atoms with Gasteiger partial charge in [-0.2, -0.15) is 4.98 Å². The van der Waals surface area contributed by atoms with Crippen LogP contribution in [0.4, 0.5) is 5.82 Å². The van der Waals surface area contributed by atoms with Crippen LogP contribution in [0.1, 0.15) is 59.3 Å². The van der Waals surface area contributed by atoms with Gasteiger partial charge in [0.25, 0.3) is 0 Å². The van der Waals surface area contributed by atoms with Crippen LogP contribution in [0.25, 0.3) is 0 Å². The van der Waals surface area contributed by atoms with Gasteiger partial charge in [-0.15, -0.1) is 0 Å². The van der Waals surface area contributed by atoms with Crippen LogP contribution in [0.5, 0.6) is 5.88 Å². The average Bonchev–Trinajstić information content (AvgIpc) is 3.58. The Labute approximate surface area is 225 Å². The highest BCUT2D eigenvalue weighted by Crippen LogP contribution is 2.43. The van der Waals surface area contributed by atoms with E-state index < -0.39 is 49.0 Å². The van der Waals surface area contributed by atoms with Crippen LogP contribution in [-0.4, -0.2) is 71.1 Å². The van der Waals surface area contributed by atoms with Gasteiger partial charge in [0.15, 0.2) is 0 Å². The summed E-state index contributed by atoms with van der Waals surface area (Å²) in [7, 11) is -5.83. The van der Waals surface area contributed by atoms with Crippen LogP contribution < -0.4 is 21.5 Å². The number of ether oxygens (including phenoxy) is 1. The number of carboxylic acids is 1. The van der Waals surface area contributed by atoms with Crippen molar-refractivity contribution in [3.05, 3.63) is 18.2 Å². The van der Waals surface area contributed by atoms with Crippen molar-refractivity contribution < 1.29 is 27.9 Å². The molecule has 14 heteroatoms. The predicted octanol–water partition coefficient (Wildman–Crippen LogP) is 2.37. The van der Waals surface area contributed by atoms with Crippen molar-refractivity contribution in [3.63, 3.8) is 0 Å². The van der Waals surface area contributed by atoms with Crippen molar-refractivity contribution in [2.24, 2.45) is 16.9 Å². The second-order valence-corrected chi connectivity index (χ2v) is 16.1. The van der Waals surface area contributed by atoms with Crippen molar-refractivity contribution in [1.29, 1.82) is 9.56 Å². The van der Waals surface area contributed by atoms with Gasteiger partial charge in [0, 0.05) is 48.5 Å². The van der Waals surface area contributed by atoms with Gasteiger partial charge in [-0.05, 0) is 50.0 Å². The zero-order valence-corrected chi connectivity index (χ0v) is 24.0. The average molecular weight is 575 g/mol. The maximum absolute atomic E-state index is 12.6. The molecule has 0 bridgehead atoms. The van der Waals surface area contributed by atoms with E-state index in [0.29, 0.717) is 25.7 Å². The van der Waals surface area contributed by atoms with E-state index in [1.165, 1.54) is 0 Å². The molecule has 216 valence electrons. The minimum atomic E-state index is -3.01. The number of anilines is 1. The zero-order chi connectivity index (χ0) is 28.8. The number of carbonyl (C=O) groups is 2. The summed E-state index contributed by atoms with van der Waals surface area (Å²) in [5.74, 6) is -0.943. The number of aliphatic carboxylic acids is 1. The number of amides is 1. The minimum Gasteiger partial charge on any atom is -0.480 e. The van der Waals surface area contributed by atoms with E-state index in [1.807, 2.05) is 20.8 Å². The number of nitrogens with one attached hydrogen (secondary N) is 3. The molecule has 0 saturated heterocycles. The molecule has 12 nitrogen and oxygen atoms in total. The van der Waals surface area contributed by atoms with Crippen molar-refractivity contribution in [2.45, 2.75) is 77.0 Å². The van der Waals surface area contributed by atoms with Gasteiger partial charge < -0.3 is 26.6 Å². The van der Waals surface area contributed by atoms with E-state index in [-0.39, 0.29) is 53.0 Å². The highest BCUT2D eigenvalue weighted by atomic mass is 32.2. The minimum absolute atomic E-state index is 0.0302. The Morgan fingerprint density at radius 2 is 1.66 bits per heavy atom. The monoisotopic (exact) mass is 574 g/mol. The summed E-state index contributed by atoms with van der Waals surface area (Å²) in [5.41, 5.74) is 10.8. The van der Waals surface area contributed by atoms with E-state index in [0.717, 1.165) is 0 Å². The van der Waals surface area contributed by atoms with E-state index >= 15 is 0 Å². The summed E-state index contributed by atoms with van der Waals surface area (Å²) in [6.45, 7) is 6.06. The number of carbonyl (C=O) groups excluding carboxylic acids is 1. The number of rotatable bonds is 16. The van der Waals surface area contributed by atoms with Gasteiger partial charge >= 0.3 is 5.97 Å². The Hall–Kier alpha value is -2.29. The first-order valence-corrected chi connectivity index (χ1v) is 16.4. The molecule has 1 saturated carbocycles. The Kier molecular flexibility index (Phi) is 10.7. The molecule has 1 amide bonds. The lowest BCUT2D eigenvalue weighted by atomic mass is 9.94. The molecular weight excluding hydrogens is 532 g/mol. The van der Waals surface area contributed by atoms with Gasteiger partial charge in [-0.3, -0.25) is 19.1 Å². The smallest absolute Gasteiger partial charge is 0.320 e. The molecule has 0 aliphatic heterocycles. The number of aromatic nitrogens is 1. The molecule has 0 radical (unpaired) electrons. The molecule has 1 aromatic heterocycles. The second-order valence-electron chi connectivity index (χ2n) is 11.3. The molecule has 1 aliphatic rings. The SMILES string of the molecule is CC(C)(C)CCS(=N)(=O)CC[C@H](N)C(=O)Nc1cccc(OC2(CCS(=N)(=O)CC[C@H](N)C(=O)O)CC2)n1. The van der Waals surface area contributed by atoms with Crippen LogP contribution in [0.3, 0.4) is 0 Å². The van der Waals surface area contributed by atoms with Crippen LogP contribution in [0, 0.1) is 15.0 Å². The van der Waals surface area contributed by atoms with Crippen LogP contribution in [0.2, 0.25) is 0 Å². The third-order valence-electron chi connectivity index (χ3n) is 6.34. The summed E-state index contributed by atoms with van der Waals surface area (Å²) in [6.07, 6.45) is 2.47. The summed E-state index contributed by atoms with van der Waals surface area (Å²) in [6, 6.07) is 2.77. The molecular formula is C24H42N6O6S2. The normalized spacial score (nSPS) is 19.4. The number of carboxylic acid groups (broad SMARTS) is 1. The summed E-state index contributed by atoms with van der Waals surface area (Å²) >= 11 is 0. The lowest BCUT2D eigenvalue weighted by Gasteiger charge is -2.20. The molecule has 38 heavy (non-hydrogen) atoms. The fourth-order valence-corrected chi connectivity index (χ4v) is 6.76. The van der Waals surface area contributed by atoms with Crippen molar-refractivity contribution in [2.75, 3.05) is 28.3 Å². The number of nitrogens with two attached hydrogens (primary N) is 2. The van der Waals surface area contributed by atoms with Crippen LogP contribution >= 0.6 is 0 Å². The molecule has 1 aliphatic carbocycles. The maximum atomic E-state index is 12.6. The first-order valence-electron chi connectivity index (χ1n) is 12.6. The standard InChI is InChI=1S/C24H42N6O6S2/c1-23(2,3)11-15-37(27,34)13-7-17(25)21(31)30-19-5-4-6-20(29-19)36-24(9-10-24)12-16-38(28,35)14-8-18(26)22(32)33/h4-6,17-18,27-28H,7-16,25-26H2,1-3H3,(H,32,33)(H,29,30,31)/t17-,18-,37?,38?/m0/s1. The van der Waals surface area contributed by atoms with Crippen molar-refractivity contribution >= 4 is 37.2 Å². The largest absolute Gasteiger partial charge is 0.480 e. The predicted molar refractivity (Wildman–Crippen MR) is 148 cm³/mol. The first-order chi connectivity index (χ1) is 17.4. The van der Waals surface area contributed by atoms with E-state index in [9.17, 15) is 18.0 Å². The van der Waals surface area contributed by atoms with Crippen LogP contribution in [0.15, 0.2) is 18.2 Å². The second kappa shape index (κ2) is 12.7. The van der Waals surface area contributed by atoms with Gasteiger partial charge in [0.2, 0.25) is 11.8 Å². The van der Waals surface area contributed by atoms with E-state index in [2.05, 4.69) is 10.3 Å². The first kappa shape index (κ1) is 31.9. The van der Waals surface area contributed by atoms with Crippen molar-refractivity contribution in [1.82, 2.24) is 4.98 Å². The molecule has 0 spiro atoms. The zero-order valence-electron chi connectivity index (χ0n) is 22.4. The Morgan fingerprint density at radius 3 is 2.21 bits per heavy atom. The number of hydrogen-bond acceptors (Lipinski definition) is 10. The molecule has 8 N–H and O–H groups in total. The third-order valence-corrected chi connectivity index (χ3v) is 9.86. The third kappa shape index (κ3) is 11.6. The van der Waals surface area contributed by atoms with Gasteiger partial charge in [0.05, 0.1) is 6.04 Å². The van der Waals surface area contributed by atoms with E-state index in [1.54, 1.807) is 18.2 Å². The van der Waals surface area contributed by atoms with Gasteiger partial charge in [-0.1, -0.05) is 26.8 Å². The Bertz CT molecular complexity index is 1190. The maximum Gasteiger partial charge on any atom is 0.320 e. The molecule has 2 unspecified atom stereocenters. The Balaban J connectivity index is 1.87. The van der Waals surface area contributed by atoms with Crippen molar-refractivity contribution in [3.8, 4) is 5.88 Å². The highest BCUT2D eigenvalue weighted by Gasteiger charge is 2.46. The van der Waals surface area contributed by atoms with Gasteiger partial charge in [-0.25, -0.2) is 8.42 Å². The quantitative estimate of drug-likeness (QED) is 0.170. The van der Waals surface area contributed by atoms with Gasteiger partial charge in [0.1, 0.15) is 17.5 Å². The summed E-state index contributed by atoms with van der Waals surface area (Å²) < 4.78 is 47.2. The Morgan fingerprint density at radius 1 is 1.08 bits per heavy atom. The molecule has 1 fully saturated rings. The molecule has 1 aromatic rings. The lowest BCUT2D eigenvalue weighted by Crippen LogP contribution is -2.37. The van der Waals surface area contributed by atoms with E-state index in [4.69, 9.17) is 30.9 Å². The molecule has 4 atom stereocenters. The number of pyridine rings is 1. The summed E-state index contributed by atoms with van der Waals surface area (Å²) in [4.78, 5) is 27.7. The highest BCUT2D eigenvalue weighted by molar-refractivity contribution is 7.92. The summed E-state index contributed by atoms with van der Waals surface area (Å²) in [5, 5.41) is 11.5. The topological polar surface area (TPSA) is 222 Å².